The minimum atomic E-state index is -1.49. The maximum atomic E-state index is 14.3. The lowest BCUT2D eigenvalue weighted by Crippen LogP contribution is -2.57. The Bertz CT molecular complexity index is 1960. The van der Waals surface area contributed by atoms with Crippen LogP contribution in [0.3, 0.4) is 0 Å². The fraction of sp³-hybridized carbons (Fsp3) is 0.475. The minimum absolute atomic E-state index is 0.0380. The number of methoxy groups -OCH3 is 1. The summed E-state index contributed by atoms with van der Waals surface area (Å²) in [5, 5.41) is 16.3. The normalized spacial score (nSPS) is 23.6. The van der Waals surface area contributed by atoms with Crippen LogP contribution >= 0.6 is 0 Å². The lowest BCUT2D eigenvalue weighted by molar-refractivity contribution is -0.145. The molecule has 3 fully saturated rings. The van der Waals surface area contributed by atoms with Crippen LogP contribution in [-0.2, 0) is 30.5 Å². The number of carboxylic acids is 1. The molecule has 7 rings (SSSR count). The van der Waals surface area contributed by atoms with E-state index < -0.39 is 53.5 Å². The molecule has 0 spiro atoms. The molecule has 1 saturated heterocycles. The first-order chi connectivity index (χ1) is 26.0. The highest BCUT2D eigenvalue weighted by atomic mass is 16.7. The van der Waals surface area contributed by atoms with E-state index >= 15 is 0 Å². The topological polar surface area (TPSA) is 175 Å². The smallest absolute Gasteiger partial charge is 0.408 e. The first-order valence-corrected chi connectivity index (χ1v) is 18.4. The van der Waals surface area contributed by atoms with Crippen molar-refractivity contribution in [3.8, 4) is 28.5 Å². The van der Waals surface area contributed by atoms with Gasteiger partial charge in [-0.15, -0.1) is 6.58 Å². The number of ether oxygens (including phenoxy) is 5. The van der Waals surface area contributed by atoms with E-state index in [4.69, 9.17) is 28.7 Å². The molecule has 3 aromatic rings. The van der Waals surface area contributed by atoms with E-state index in [1.165, 1.54) is 11.0 Å². The lowest BCUT2D eigenvalue weighted by Gasteiger charge is -2.31. The van der Waals surface area contributed by atoms with Gasteiger partial charge in [-0.3, -0.25) is 9.59 Å². The average molecular weight is 743 g/mol. The van der Waals surface area contributed by atoms with Gasteiger partial charge in [0.25, 0.3) is 0 Å². The van der Waals surface area contributed by atoms with Gasteiger partial charge in [0, 0.05) is 35.9 Å². The monoisotopic (exact) mass is 742 g/mol. The molecule has 3 amide bonds. The summed E-state index contributed by atoms with van der Waals surface area (Å²) in [6.45, 7) is 7.62. The Morgan fingerprint density at radius 1 is 1.07 bits per heavy atom. The molecule has 2 aliphatic carbocycles. The number of hydrogen-bond donors (Lipinski definition) is 3. The molecule has 54 heavy (non-hydrogen) atoms. The minimum Gasteiger partial charge on any atom is -0.497 e. The number of carbonyl (C=O) groups excluding carboxylic acids is 3. The molecular formula is C40H46N4O10. The van der Waals surface area contributed by atoms with E-state index in [0.29, 0.717) is 28.5 Å². The number of nitrogens with one attached hydrogen (secondary N) is 2. The fourth-order valence-corrected chi connectivity index (χ4v) is 7.68. The van der Waals surface area contributed by atoms with Crippen LogP contribution in [-0.4, -0.2) is 89.1 Å². The van der Waals surface area contributed by atoms with E-state index in [1.54, 1.807) is 21.0 Å². The molecule has 5 atom stereocenters. The van der Waals surface area contributed by atoms with Gasteiger partial charge in [-0.1, -0.05) is 19.9 Å². The van der Waals surface area contributed by atoms with Crippen LogP contribution in [0.2, 0.25) is 0 Å². The molecule has 286 valence electrons. The Labute approximate surface area is 313 Å². The standard InChI is InChI=1S/C40H46N4O10/c1-5-25-18-40(25,38(47)48)43-36(45)32-17-28(19-44(32)37(46)35(22(2)3)42-39(49)54-26-8-6-7-9-26)51-20-24-14-30(23-10-13-33-34(15-23)53-21-52-33)41-31-16-27(50-4)11-12-29(24)31/h5,10-16,22,25-26,28,32,35H,1,6-9,17-21H2,2-4H3,(H,42,49)(H,43,45)(H,47,48)/t25-,28-,32+,35+,40-/m1/s1. The highest BCUT2D eigenvalue weighted by Gasteiger charge is 2.61. The predicted molar refractivity (Wildman–Crippen MR) is 196 cm³/mol. The van der Waals surface area contributed by atoms with Crippen molar-refractivity contribution in [1.29, 1.82) is 0 Å². The van der Waals surface area contributed by atoms with Crippen LogP contribution in [0, 0.1) is 11.8 Å². The van der Waals surface area contributed by atoms with Crippen molar-refractivity contribution in [1.82, 2.24) is 20.5 Å². The first kappa shape index (κ1) is 37.0. The Balaban J connectivity index is 1.14. The fourth-order valence-electron chi connectivity index (χ4n) is 7.68. The largest absolute Gasteiger partial charge is 0.497 e. The number of aromatic nitrogens is 1. The molecule has 2 saturated carbocycles. The first-order valence-electron chi connectivity index (χ1n) is 18.4. The molecule has 2 aromatic carbocycles. The zero-order chi connectivity index (χ0) is 38.1. The SMILES string of the molecule is C=C[C@@H]1C[C@]1(NC(=O)[C@@H]1C[C@@H](OCc2cc(-c3ccc4c(c3)OCO4)nc3cc(OC)ccc23)CN1C(=O)[C@@H](NC(=O)OC1CCCC1)C(C)C)C(=O)O. The van der Waals surface area contributed by atoms with E-state index in [-0.39, 0.29) is 44.8 Å². The molecule has 14 heteroatoms. The van der Waals surface area contributed by atoms with E-state index in [0.717, 1.165) is 42.2 Å². The molecular weight excluding hydrogens is 696 g/mol. The quantitative estimate of drug-likeness (QED) is 0.202. The Hall–Kier alpha value is -5.37. The summed E-state index contributed by atoms with van der Waals surface area (Å²) in [6.07, 6.45) is 3.84. The third-order valence-electron chi connectivity index (χ3n) is 10.9. The van der Waals surface area contributed by atoms with Gasteiger partial charge in [0.2, 0.25) is 18.6 Å². The van der Waals surface area contributed by atoms with Crippen molar-refractivity contribution >= 4 is 34.8 Å². The Kier molecular flexibility index (Phi) is 10.4. The van der Waals surface area contributed by atoms with Gasteiger partial charge in [-0.05, 0) is 80.0 Å². The van der Waals surface area contributed by atoms with Gasteiger partial charge in [-0.25, -0.2) is 14.6 Å². The Morgan fingerprint density at radius 2 is 1.85 bits per heavy atom. The van der Waals surface area contributed by atoms with Crippen LogP contribution in [0.15, 0.2) is 55.1 Å². The van der Waals surface area contributed by atoms with Crippen LogP contribution in [0.4, 0.5) is 4.79 Å². The van der Waals surface area contributed by atoms with Gasteiger partial charge in [0.15, 0.2) is 11.5 Å². The molecule has 2 aliphatic heterocycles. The molecule has 0 unspecified atom stereocenters. The zero-order valence-electron chi connectivity index (χ0n) is 30.7. The molecule has 3 heterocycles. The van der Waals surface area contributed by atoms with Crippen molar-refractivity contribution in [2.24, 2.45) is 11.8 Å². The number of pyridine rings is 1. The molecule has 0 bridgehead atoms. The summed E-state index contributed by atoms with van der Waals surface area (Å²) < 4.78 is 28.7. The van der Waals surface area contributed by atoms with Gasteiger partial charge < -0.3 is 44.3 Å². The summed E-state index contributed by atoms with van der Waals surface area (Å²) >= 11 is 0. The van der Waals surface area contributed by atoms with Gasteiger partial charge in [0.1, 0.15) is 29.5 Å². The molecule has 4 aliphatic rings. The third kappa shape index (κ3) is 7.39. The van der Waals surface area contributed by atoms with Gasteiger partial charge >= 0.3 is 12.1 Å². The predicted octanol–water partition coefficient (Wildman–Crippen LogP) is 4.96. The van der Waals surface area contributed by atoms with Crippen LogP contribution in [0.5, 0.6) is 17.2 Å². The number of carboxylic acid groups (broad SMARTS) is 1. The summed E-state index contributed by atoms with van der Waals surface area (Å²) in [4.78, 5) is 59.8. The van der Waals surface area contributed by atoms with Crippen molar-refractivity contribution in [2.45, 2.75) is 88.8 Å². The number of benzene rings is 2. The van der Waals surface area contributed by atoms with E-state index in [2.05, 4.69) is 17.2 Å². The highest BCUT2D eigenvalue weighted by Crippen LogP contribution is 2.45. The lowest BCUT2D eigenvalue weighted by atomic mass is 10.0. The van der Waals surface area contributed by atoms with Crippen molar-refractivity contribution < 1.29 is 48.0 Å². The molecule has 3 N–H and O–H groups in total. The third-order valence-corrected chi connectivity index (χ3v) is 10.9. The van der Waals surface area contributed by atoms with Gasteiger partial charge in [0.05, 0.1) is 31.0 Å². The second-order valence-electron chi connectivity index (χ2n) is 14.8. The number of likely N-dealkylation sites (tertiary alicyclic amines) is 1. The molecule has 14 nitrogen and oxygen atoms in total. The molecule has 0 radical (unpaired) electrons. The number of fused-ring (bicyclic) bond motifs is 2. The maximum absolute atomic E-state index is 14.3. The van der Waals surface area contributed by atoms with Gasteiger partial charge in [-0.2, -0.15) is 0 Å². The van der Waals surface area contributed by atoms with E-state index in [9.17, 15) is 24.3 Å². The second-order valence-corrected chi connectivity index (χ2v) is 14.8. The maximum Gasteiger partial charge on any atom is 0.408 e. The number of alkyl carbamates (subject to hydrolysis) is 1. The van der Waals surface area contributed by atoms with Crippen molar-refractivity contribution in [2.75, 3.05) is 20.4 Å². The van der Waals surface area contributed by atoms with Crippen molar-refractivity contribution in [3.05, 3.63) is 60.7 Å². The van der Waals surface area contributed by atoms with Crippen LogP contribution < -0.4 is 24.8 Å². The highest BCUT2D eigenvalue weighted by molar-refractivity contribution is 5.96. The number of carbonyl (C=O) groups is 4. The zero-order valence-corrected chi connectivity index (χ0v) is 30.7. The number of hydrogen-bond acceptors (Lipinski definition) is 10. The summed E-state index contributed by atoms with van der Waals surface area (Å²) in [5.74, 6) is -1.13. The van der Waals surface area contributed by atoms with E-state index in [1.807, 2.05) is 42.5 Å². The summed E-state index contributed by atoms with van der Waals surface area (Å²) in [5.41, 5.74) is 1.48. The molecule has 1 aromatic heterocycles. The number of amides is 3. The van der Waals surface area contributed by atoms with Crippen LogP contribution in [0.25, 0.3) is 22.2 Å². The second kappa shape index (κ2) is 15.2. The number of aliphatic carboxylic acids is 1. The number of nitrogens with zero attached hydrogens (tertiary/aromatic N) is 2. The van der Waals surface area contributed by atoms with Crippen LogP contribution in [0.1, 0.15) is 57.9 Å². The number of rotatable bonds is 13. The summed E-state index contributed by atoms with van der Waals surface area (Å²) in [7, 11) is 1.59. The Morgan fingerprint density at radius 3 is 2.56 bits per heavy atom. The van der Waals surface area contributed by atoms with Crippen molar-refractivity contribution in [3.63, 3.8) is 0 Å². The average Bonchev–Trinajstić information content (AvgIpc) is 3.59. The summed E-state index contributed by atoms with van der Waals surface area (Å²) in [6, 6.07) is 11.1.